The molecule has 2 heterocycles. The van der Waals surface area contributed by atoms with Crippen molar-refractivity contribution in [1.82, 2.24) is 15.5 Å². The second kappa shape index (κ2) is 6.02. The summed E-state index contributed by atoms with van der Waals surface area (Å²) in [5, 5.41) is 6.55. The molecule has 2 fully saturated rings. The van der Waals surface area contributed by atoms with Gasteiger partial charge in [0.15, 0.2) is 0 Å². The first-order chi connectivity index (χ1) is 8.66. The van der Waals surface area contributed by atoms with Crippen molar-refractivity contribution in [2.75, 3.05) is 39.8 Å². The van der Waals surface area contributed by atoms with Gasteiger partial charge in [-0.3, -0.25) is 4.79 Å². The van der Waals surface area contributed by atoms with E-state index in [1.54, 1.807) is 0 Å². The Labute approximate surface area is 110 Å². The Bertz CT molecular complexity index is 287. The van der Waals surface area contributed by atoms with Gasteiger partial charge in [0.2, 0.25) is 5.91 Å². The van der Waals surface area contributed by atoms with Crippen LogP contribution in [0.1, 0.15) is 32.6 Å². The molecule has 0 bridgehead atoms. The molecule has 0 aliphatic carbocycles. The predicted molar refractivity (Wildman–Crippen MR) is 73.4 cm³/mol. The maximum Gasteiger partial charge on any atom is 0.227 e. The molecule has 18 heavy (non-hydrogen) atoms. The third kappa shape index (κ3) is 3.04. The Morgan fingerprint density at radius 2 is 2.39 bits per heavy atom. The molecular weight excluding hydrogens is 226 g/mol. The van der Waals surface area contributed by atoms with Gasteiger partial charge >= 0.3 is 0 Å². The summed E-state index contributed by atoms with van der Waals surface area (Å²) in [6.07, 6.45) is 4.31. The first-order valence-electron chi connectivity index (χ1n) is 7.34. The number of carbonyl (C=O) groups is 1. The zero-order valence-electron chi connectivity index (χ0n) is 11.8. The summed E-state index contributed by atoms with van der Waals surface area (Å²) in [5.74, 6) is 0.927. The Hall–Kier alpha value is -0.610. The van der Waals surface area contributed by atoms with Crippen molar-refractivity contribution >= 4 is 5.91 Å². The zero-order chi connectivity index (χ0) is 13.0. The van der Waals surface area contributed by atoms with Crippen LogP contribution in [0.3, 0.4) is 0 Å². The van der Waals surface area contributed by atoms with Gasteiger partial charge in [-0.2, -0.15) is 0 Å². The van der Waals surface area contributed by atoms with Crippen LogP contribution < -0.4 is 10.6 Å². The molecule has 0 aromatic rings. The molecule has 2 saturated heterocycles. The maximum atomic E-state index is 12.4. The molecule has 0 aromatic carbocycles. The van der Waals surface area contributed by atoms with Crippen LogP contribution in [-0.4, -0.2) is 50.6 Å². The molecule has 4 nitrogen and oxygen atoms in total. The molecule has 2 N–H and O–H groups in total. The summed E-state index contributed by atoms with van der Waals surface area (Å²) in [6, 6.07) is 0. The topological polar surface area (TPSA) is 44.4 Å². The normalized spacial score (nSPS) is 32.9. The highest BCUT2D eigenvalue weighted by molar-refractivity contribution is 5.83. The Kier molecular flexibility index (Phi) is 4.62. The molecule has 0 radical (unpaired) electrons. The van der Waals surface area contributed by atoms with Crippen LogP contribution in [0.5, 0.6) is 0 Å². The first kappa shape index (κ1) is 13.8. The minimum absolute atomic E-state index is 0.126. The van der Waals surface area contributed by atoms with Gasteiger partial charge in [0, 0.05) is 19.6 Å². The average Bonchev–Trinajstić information content (AvgIpc) is 2.97. The quantitative estimate of drug-likeness (QED) is 0.763. The summed E-state index contributed by atoms with van der Waals surface area (Å²) >= 11 is 0. The molecule has 104 valence electrons. The molecule has 1 amide bonds. The van der Waals surface area contributed by atoms with E-state index in [9.17, 15) is 4.79 Å². The van der Waals surface area contributed by atoms with Gasteiger partial charge in [0.25, 0.3) is 0 Å². The molecular formula is C14H27N3O. The van der Waals surface area contributed by atoms with E-state index in [1.165, 1.54) is 13.0 Å². The fraction of sp³-hybridized carbons (Fsp3) is 0.929. The van der Waals surface area contributed by atoms with Crippen LogP contribution >= 0.6 is 0 Å². The van der Waals surface area contributed by atoms with E-state index in [0.717, 1.165) is 45.4 Å². The van der Waals surface area contributed by atoms with Gasteiger partial charge in [-0.15, -0.1) is 0 Å². The summed E-state index contributed by atoms with van der Waals surface area (Å²) in [6.45, 7) is 7.16. The van der Waals surface area contributed by atoms with Gasteiger partial charge in [0.05, 0.1) is 5.41 Å². The zero-order valence-corrected chi connectivity index (χ0v) is 11.8. The number of carbonyl (C=O) groups excluding carboxylic acids is 1. The number of nitrogens with zero attached hydrogens (tertiary/aromatic N) is 1. The second-order valence-corrected chi connectivity index (χ2v) is 6.08. The largest absolute Gasteiger partial charge is 0.355 e. The van der Waals surface area contributed by atoms with Gasteiger partial charge < -0.3 is 15.5 Å². The van der Waals surface area contributed by atoms with Crippen molar-refractivity contribution < 1.29 is 4.79 Å². The molecule has 0 aromatic heterocycles. The summed E-state index contributed by atoms with van der Waals surface area (Å²) in [7, 11) is 2.15. The minimum atomic E-state index is -0.126. The number of nitrogens with one attached hydrogen (secondary N) is 2. The lowest BCUT2D eigenvalue weighted by molar-refractivity contribution is -0.130. The lowest BCUT2D eigenvalue weighted by Gasteiger charge is -2.27. The summed E-state index contributed by atoms with van der Waals surface area (Å²) < 4.78 is 0. The molecule has 0 saturated carbocycles. The molecule has 2 atom stereocenters. The highest BCUT2D eigenvalue weighted by Crippen LogP contribution is 2.31. The SMILES string of the molecule is CCCC1(C(=O)NCC2CCN(C)C2)CCNC1. The summed E-state index contributed by atoms with van der Waals surface area (Å²) in [4.78, 5) is 14.8. The number of rotatable bonds is 5. The van der Waals surface area contributed by atoms with E-state index in [2.05, 4.69) is 29.5 Å². The number of hydrogen-bond donors (Lipinski definition) is 2. The third-order valence-corrected chi connectivity index (χ3v) is 4.49. The smallest absolute Gasteiger partial charge is 0.227 e. The second-order valence-electron chi connectivity index (χ2n) is 6.08. The van der Waals surface area contributed by atoms with E-state index < -0.39 is 0 Å². The Morgan fingerprint density at radius 1 is 1.56 bits per heavy atom. The fourth-order valence-electron chi connectivity index (χ4n) is 3.36. The van der Waals surface area contributed by atoms with E-state index in [4.69, 9.17) is 0 Å². The number of hydrogen-bond acceptors (Lipinski definition) is 3. The minimum Gasteiger partial charge on any atom is -0.355 e. The van der Waals surface area contributed by atoms with Crippen LogP contribution in [0.15, 0.2) is 0 Å². The average molecular weight is 253 g/mol. The van der Waals surface area contributed by atoms with Crippen molar-refractivity contribution in [3.8, 4) is 0 Å². The molecule has 2 rings (SSSR count). The van der Waals surface area contributed by atoms with Crippen LogP contribution in [0.4, 0.5) is 0 Å². The Morgan fingerprint density at radius 3 is 2.94 bits per heavy atom. The molecule has 0 spiro atoms. The van der Waals surface area contributed by atoms with Gasteiger partial charge in [-0.05, 0) is 45.3 Å². The first-order valence-corrected chi connectivity index (χ1v) is 7.34. The van der Waals surface area contributed by atoms with Crippen LogP contribution in [0.2, 0.25) is 0 Å². The van der Waals surface area contributed by atoms with Crippen molar-refractivity contribution in [3.05, 3.63) is 0 Å². The maximum absolute atomic E-state index is 12.4. The monoisotopic (exact) mass is 253 g/mol. The molecule has 2 aliphatic heterocycles. The van der Waals surface area contributed by atoms with E-state index in [-0.39, 0.29) is 11.3 Å². The standard InChI is InChI=1S/C14H27N3O/c1-3-5-14(6-7-15-11-14)13(18)16-9-12-4-8-17(2)10-12/h12,15H,3-11H2,1-2H3,(H,16,18). The van der Waals surface area contributed by atoms with Gasteiger partial charge in [-0.1, -0.05) is 13.3 Å². The van der Waals surface area contributed by atoms with E-state index >= 15 is 0 Å². The number of amides is 1. The highest BCUT2D eigenvalue weighted by atomic mass is 16.2. The van der Waals surface area contributed by atoms with Crippen molar-refractivity contribution in [3.63, 3.8) is 0 Å². The van der Waals surface area contributed by atoms with Gasteiger partial charge in [-0.25, -0.2) is 0 Å². The molecule has 4 heteroatoms. The predicted octanol–water partition coefficient (Wildman–Crippen LogP) is 0.834. The highest BCUT2D eigenvalue weighted by Gasteiger charge is 2.40. The lowest BCUT2D eigenvalue weighted by atomic mass is 9.81. The van der Waals surface area contributed by atoms with Crippen LogP contribution in [0.25, 0.3) is 0 Å². The molecule has 2 aliphatic rings. The lowest BCUT2D eigenvalue weighted by Crippen LogP contribution is -2.44. The van der Waals surface area contributed by atoms with Crippen LogP contribution in [-0.2, 0) is 4.79 Å². The summed E-state index contributed by atoms with van der Waals surface area (Å²) in [5.41, 5.74) is -0.126. The van der Waals surface area contributed by atoms with Crippen molar-refractivity contribution in [2.24, 2.45) is 11.3 Å². The van der Waals surface area contributed by atoms with Crippen molar-refractivity contribution in [1.29, 1.82) is 0 Å². The third-order valence-electron chi connectivity index (χ3n) is 4.49. The number of likely N-dealkylation sites (tertiary alicyclic amines) is 1. The molecule has 2 unspecified atom stereocenters. The van der Waals surface area contributed by atoms with Crippen LogP contribution in [0, 0.1) is 11.3 Å². The Balaban J connectivity index is 1.82. The van der Waals surface area contributed by atoms with E-state index in [1.807, 2.05) is 0 Å². The fourth-order valence-corrected chi connectivity index (χ4v) is 3.36. The van der Waals surface area contributed by atoms with Gasteiger partial charge in [0.1, 0.15) is 0 Å². The van der Waals surface area contributed by atoms with E-state index in [0.29, 0.717) is 5.92 Å². The van der Waals surface area contributed by atoms with Crippen molar-refractivity contribution in [2.45, 2.75) is 32.6 Å².